The van der Waals surface area contributed by atoms with Gasteiger partial charge in [-0.05, 0) is 26.8 Å². The summed E-state index contributed by atoms with van der Waals surface area (Å²) >= 11 is 0. The quantitative estimate of drug-likeness (QED) is 0.725. The number of piperazine rings is 1. The third kappa shape index (κ3) is 3.23. The Balaban J connectivity index is 1.74. The molecule has 2 aliphatic heterocycles. The number of hydrogen-bond acceptors (Lipinski definition) is 5. The number of pyridine rings is 1. The maximum atomic E-state index is 12.6. The van der Waals surface area contributed by atoms with Gasteiger partial charge >= 0.3 is 6.09 Å². The van der Waals surface area contributed by atoms with Gasteiger partial charge in [-0.15, -0.1) is 0 Å². The molecule has 3 heterocycles. The molecular formula is C16H21N3O4. The van der Waals surface area contributed by atoms with Crippen molar-refractivity contribution in [2.24, 2.45) is 0 Å². The summed E-state index contributed by atoms with van der Waals surface area (Å²) in [6, 6.07) is 1.51. The summed E-state index contributed by atoms with van der Waals surface area (Å²) in [7, 11) is 0. The average Bonchev–Trinajstić information content (AvgIpc) is 2.63. The van der Waals surface area contributed by atoms with Crippen LogP contribution in [0.5, 0.6) is 5.75 Å². The van der Waals surface area contributed by atoms with E-state index >= 15 is 0 Å². The van der Waals surface area contributed by atoms with Crippen LogP contribution >= 0.6 is 0 Å². The SMILES string of the molecule is CC(C)(C)OC(=O)N1CCN2C(=O)c3cnccc3OC[C@@H]2C1. The molecule has 2 amide bonds. The van der Waals surface area contributed by atoms with E-state index < -0.39 is 5.60 Å². The van der Waals surface area contributed by atoms with Crippen LogP contribution in [0.4, 0.5) is 4.79 Å². The molecule has 2 aliphatic rings. The highest BCUT2D eigenvalue weighted by molar-refractivity contribution is 5.97. The number of fused-ring (bicyclic) bond motifs is 2. The second kappa shape index (κ2) is 5.72. The summed E-state index contributed by atoms with van der Waals surface area (Å²) in [4.78, 5) is 32.3. The molecule has 0 bridgehead atoms. The number of nitrogens with zero attached hydrogens (tertiary/aromatic N) is 3. The maximum absolute atomic E-state index is 12.6. The van der Waals surface area contributed by atoms with Crippen LogP contribution in [0.3, 0.4) is 0 Å². The Bertz CT molecular complexity index is 626. The van der Waals surface area contributed by atoms with Gasteiger partial charge in [-0.25, -0.2) is 4.79 Å². The van der Waals surface area contributed by atoms with Crippen LogP contribution in [0.25, 0.3) is 0 Å². The zero-order valence-corrected chi connectivity index (χ0v) is 13.6. The molecule has 1 aromatic heterocycles. The fourth-order valence-corrected chi connectivity index (χ4v) is 2.77. The molecule has 7 nitrogen and oxygen atoms in total. The Labute approximate surface area is 135 Å². The molecule has 1 aromatic rings. The van der Waals surface area contributed by atoms with Gasteiger partial charge in [-0.3, -0.25) is 9.78 Å². The first-order chi connectivity index (χ1) is 10.8. The van der Waals surface area contributed by atoms with Gasteiger partial charge in [0.1, 0.15) is 18.0 Å². The number of amides is 2. The maximum Gasteiger partial charge on any atom is 0.410 e. The lowest BCUT2D eigenvalue weighted by Gasteiger charge is -2.40. The lowest BCUT2D eigenvalue weighted by molar-refractivity contribution is 0.000950. The molecule has 1 fully saturated rings. The molecule has 3 rings (SSSR count). The highest BCUT2D eigenvalue weighted by Gasteiger charge is 2.37. The lowest BCUT2D eigenvalue weighted by Crippen LogP contribution is -2.58. The van der Waals surface area contributed by atoms with Gasteiger partial charge in [0.2, 0.25) is 0 Å². The van der Waals surface area contributed by atoms with Crippen molar-refractivity contribution in [3.8, 4) is 5.75 Å². The topological polar surface area (TPSA) is 72.0 Å². The Hall–Kier alpha value is -2.31. The largest absolute Gasteiger partial charge is 0.490 e. The molecule has 0 saturated carbocycles. The molecule has 124 valence electrons. The van der Waals surface area contributed by atoms with Crippen LogP contribution < -0.4 is 4.74 Å². The van der Waals surface area contributed by atoms with E-state index in [1.54, 1.807) is 22.1 Å². The molecule has 0 spiro atoms. The smallest absolute Gasteiger partial charge is 0.410 e. The minimum atomic E-state index is -0.536. The summed E-state index contributed by atoms with van der Waals surface area (Å²) in [5, 5.41) is 0. The Morgan fingerprint density at radius 2 is 2.17 bits per heavy atom. The molecule has 7 heteroatoms. The van der Waals surface area contributed by atoms with Crippen LogP contribution in [0.15, 0.2) is 18.5 Å². The van der Waals surface area contributed by atoms with Crippen molar-refractivity contribution in [3.63, 3.8) is 0 Å². The van der Waals surface area contributed by atoms with Gasteiger partial charge < -0.3 is 19.3 Å². The van der Waals surface area contributed by atoms with Crippen LogP contribution in [0, 0.1) is 0 Å². The summed E-state index contributed by atoms with van der Waals surface area (Å²) in [6.07, 6.45) is 2.78. The second-order valence-corrected chi connectivity index (χ2v) is 6.76. The van der Waals surface area contributed by atoms with Crippen molar-refractivity contribution in [2.45, 2.75) is 32.4 Å². The third-order valence-electron chi connectivity index (χ3n) is 3.84. The Kier molecular flexibility index (Phi) is 3.87. The molecule has 0 aromatic carbocycles. The summed E-state index contributed by atoms with van der Waals surface area (Å²) in [5.41, 5.74) is -0.0629. The van der Waals surface area contributed by atoms with Crippen molar-refractivity contribution in [1.29, 1.82) is 0 Å². The van der Waals surface area contributed by atoms with E-state index in [9.17, 15) is 9.59 Å². The van der Waals surface area contributed by atoms with Crippen LogP contribution in [-0.2, 0) is 4.74 Å². The highest BCUT2D eigenvalue weighted by atomic mass is 16.6. The Morgan fingerprint density at radius 1 is 1.39 bits per heavy atom. The number of carbonyl (C=O) groups excluding carboxylic acids is 2. The third-order valence-corrected chi connectivity index (χ3v) is 3.84. The summed E-state index contributed by atoms with van der Waals surface area (Å²) in [6.45, 7) is 7.17. The molecule has 0 aliphatic carbocycles. The predicted octanol–water partition coefficient (Wildman–Crippen LogP) is 1.54. The number of hydrogen-bond donors (Lipinski definition) is 0. The second-order valence-electron chi connectivity index (χ2n) is 6.76. The molecule has 0 radical (unpaired) electrons. The standard InChI is InChI=1S/C16H21N3O4/c1-16(2,3)23-15(21)18-6-7-19-11(9-18)10-22-13-4-5-17-8-12(13)14(19)20/h4-5,8,11H,6-7,9-10H2,1-3H3/t11-/m0/s1. The first-order valence-electron chi connectivity index (χ1n) is 7.71. The van der Waals surface area contributed by atoms with Crippen molar-refractivity contribution in [1.82, 2.24) is 14.8 Å². The summed E-state index contributed by atoms with van der Waals surface area (Å²) in [5.74, 6) is 0.447. The van der Waals surface area contributed by atoms with E-state index in [0.29, 0.717) is 37.6 Å². The molecular weight excluding hydrogens is 298 g/mol. The monoisotopic (exact) mass is 319 g/mol. The van der Waals surface area contributed by atoms with Gasteiger partial charge in [0.25, 0.3) is 5.91 Å². The minimum Gasteiger partial charge on any atom is -0.490 e. The molecule has 0 N–H and O–H groups in total. The zero-order valence-electron chi connectivity index (χ0n) is 13.6. The van der Waals surface area contributed by atoms with Gasteiger partial charge in [0.05, 0.1) is 11.6 Å². The normalized spacial score (nSPS) is 21.0. The summed E-state index contributed by atoms with van der Waals surface area (Å²) < 4.78 is 11.1. The van der Waals surface area contributed by atoms with Gasteiger partial charge in [-0.1, -0.05) is 0 Å². The molecule has 0 unspecified atom stereocenters. The van der Waals surface area contributed by atoms with E-state index in [0.717, 1.165) is 0 Å². The fraction of sp³-hybridized carbons (Fsp3) is 0.562. The van der Waals surface area contributed by atoms with Crippen molar-refractivity contribution >= 4 is 12.0 Å². The first kappa shape index (κ1) is 15.6. The number of rotatable bonds is 0. The number of aromatic nitrogens is 1. The number of carbonyl (C=O) groups is 2. The van der Waals surface area contributed by atoms with Gasteiger partial charge in [0, 0.05) is 32.0 Å². The highest BCUT2D eigenvalue weighted by Crippen LogP contribution is 2.26. The molecule has 1 saturated heterocycles. The first-order valence-corrected chi connectivity index (χ1v) is 7.71. The van der Waals surface area contributed by atoms with Crippen molar-refractivity contribution in [3.05, 3.63) is 24.0 Å². The minimum absolute atomic E-state index is 0.0977. The lowest BCUT2D eigenvalue weighted by atomic mass is 10.1. The van der Waals surface area contributed by atoms with Crippen molar-refractivity contribution < 1.29 is 19.1 Å². The van der Waals surface area contributed by atoms with Crippen LogP contribution in [0.2, 0.25) is 0 Å². The molecule has 1 atom stereocenters. The van der Waals surface area contributed by atoms with E-state index in [1.807, 2.05) is 20.8 Å². The Morgan fingerprint density at radius 3 is 2.91 bits per heavy atom. The van der Waals surface area contributed by atoms with Crippen LogP contribution in [0.1, 0.15) is 31.1 Å². The van der Waals surface area contributed by atoms with Gasteiger partial charge in [0.15, 0.2) is 0 Å². The van der Waals surface area contributed by atoms with Crippen molar-refractivity contribution in [2.75, 3.05) is 26.2 Å². The van der Waals surface area contributed by atoms with E-state index in [1.165, 1.54) is 6.20 Å². The number of ether oxygens (including phenoxy) is 2. The predicted molar refractivity (Wildman–Crippen MR) is 82.4 cm³/mol. The van der Waals surface area contributed by atoms with Gasteiger partial charge in [-0.2, -0.15) is 0 Å². The fourth-order valence-electron chi connectivity index (χ4n) is 2.77. The molecule has 23 heavy (non-hydrogen) atoms. The van der Waals surface area contributed by atoms with E-state index in [2.05, 4.69) is 4.98 Å². The van der Waals surface area contributed by atoms with Crippen LogP contribution in [-0.4, -0.2) is 64.7 Å². The van der Waals surface area contributed by atoms with E-state index in [-0.39, 0.29) is 18.0 Å². The zero-order chi connectivity index (χ0) is 16.6. The average molecular weight is 319 g/mol. The van der Waals surface area contributed by atoms with E-state index in [4.69, 9.17) is 9.47 Å².